The number of fused-ring (bicyclic) bond motifs is 5. The molecule has 0 aromatic carbocycles. The van der Waals surface area contributed by atoms with Crippen molar-refractivity contribution < 1.29 is 119 Å². The molecular weight excluding hydrogens is 1030 g/mol. The van der Waals surface area contributed by atoms with Gasteiger partial charge in [0, 0.05) is 6.42 Å². The maximum atomic E-state index is 13.3. The molecule has 4 aliphatic carbocycles. The summed E-state index contributed by atoms with van der Waals surface area (Å²) in [5.74, 6) is -1.51. The fraction of sp³-hybridized carbons (Fsp3) is 0.944. The molecule has 450 valence electrons. The Kier molecular flexibility index (Phi) is 18.6. The van der Waals surface area contributed by atoms with Gasteiger partial charge in [-0.1, -0.05) is 41.2 Å². The normalized spacial score (nSPS) is 53.1. The van der Waals surface area contributed by atoms with Crippen LogP contribution in [0.5, 0.6) is 0 Å². The number of aliphatic hydroxyl groups excluding tert-OH is 15. The van der Waals surface area contributed by atoms with Crippen LogP contribution in [0.1, 0.15) is 107 Å². The minimum absolute atomic E-state index is 0.0196. The molecule has 4 saturated carbocycles. The van der Waals surface area contributed by atoms with Crippen LogP contribution in [-0.4, -0.2) is 249 Å². The van der Waals surface area contributed by atoms with E-state index in [1.54, 1.807) is 13.8 Å². The van der Waals surface area contributed by atoms with E-state index >= 15 is 0 Å². The summed E-state index contributed by atoms with van der Waals surface area (Å²) in [4.78, 5) is 13.3. The third-order valence-electron chi connectivity index (χ3n) is 20.9. The van der Waals surface area contributed by atoms with Crippen LogP contribution >= 0.6 is 0 Å². The number of hydrogen-bond acceptors (Lipinski definition) is 24. The fourth-order valence-corrected chi connectivity index (χ4v) is 16.3. The number of carbonyl (C=O) groups excluding carboxylic acids is 1. The molecule has 24 heteroatoms. The van der Waals surface area contributed by atoms with E-state index in [4.69, 9.17) is 37.9 Å². The highest BCUT2D eigenvalue weighted by Gasteiger charge is 2.73. The van der Waals surface area contributed by atoms with Crippen LogP contribution in [-0.2, 0) is 42.7 Å². The molecule has 8 rings (SSSR count). The first kappa shape index (κ1) is 62.5. The SMILES string of the molecule is C=C(C)C(=O)CC[C@](C)(O[C@@H]1O[C@H](CO[C@@H]2O[C@@H](C)[C@H](O)[C@@H](O)[C@H]2O)[C@@H](O)[C@H](O)[C@H]1O)[C@H]1CC[C@]2(C)[C@@H]1[C@H](O)C[C@@H]1[C@@]3(C)C[C@@H](O)[C@H](O[C@@H]4O[C@H](CO)[C@@H](O)[C@H](O)[C@H]4O[C@@H]4O[C@H](CO)[C@@H](O)[C@H](O)[C@H]4O)C(C)(C)[C@@H]3CC[C@]12C. The Morgan fingerprint density at radius 3 is 1.77 bits per heavy atom. The van der Waals surface area contributed by atoms with Crippen LogP contribution in [0.3, 0.4) is 0 Å². The van der Waals surface area contributed by atoms with Gasteiger partial charge in [-0.3, -0.25) is 4.79 Å². The summed E-state index contributed by atoms with van der Waals surface area (Å²) in [7, 11) is 0. The van der Waals surface area contributed by atoms with E-state index < -0.39 is 200 Å². The first-order valence-electron chi connectivity index (χ1n) is 27.8. The van der Waals surface area contributed by atoms with Crippen molar-refractivity contribution in [1.82, 2.24) is 0 Å². The average molecular weight is 1120 g/mol. The smallest absolute Gasteiger partial charge is 0.187 e. The minimum atomic E-state index is -1.88. The van der Waals surface area contributed by atoms with Gasteiger partial charge in [-0.15, -0.1) is 0 Å². The van der Waals surface area contributed by atoms with Crippen molar-refractivity contribution in [2.75, 3.05) is 19.8 Å². The number of allylic oxidation sites excluding steroid dienone is 1. The summed E-state index contributed by atoms with van der Waals surface area (Å²) in [6.45, 7) is 17.2. The van der Waals surface area contributed by atoms with Crippen molar-refractivity contribution in [2.45, 2.75) is 253 Å². The van der Waals surface area contributed by atoms with Crippen LogP contribution in [0.15, 0.2) is 12.2 Å². The highest BCUT2D eigenvalue weighted by atomic mass is 16.8. The fourth-order valence-electron chi connectivity index (χ4n) is 16.3. The molecule has 8 aliphatic rings. The van der Waals surface area contributed by atoms with E-state index in [2.05, 4.69) is 27.4 Å². The Hall–Kier alpha value is -1.51. The first-order valence-corrected chi connectivity index (χ1v) is 27.8. The van der Waals surface area contributed by atoms with E-state index in [9.17, 15) is 81.4 Å². The largest absolute Gasteiger partial charge is 0.394 e. The summed E-state index contributed by atoms with van der Waals surface area (Å²) in [5.41, 5.74) is -3.59. The second-order valence-electron chi connectivity index (χ2n) is 25.8. The number of hydrogen-bond donors (Lipinski definition) is 15. The molecule has 78 heavy (non-hydrogen) atoms. The lowest BCUT2D eigenvalue weighted by Crippen LogP contribution is -2.70. The van der Waals surface area contributed by atoms with Crippen molar-refractivity contribution in [1.29, 1.82) is 0 Å². The molecule has 4 aliphatic heterocycles. The molecule has 0 aromatic heterocycles. The zero-order valence-corrected chi connectivity index (χ0v) is 46.0. The Morgan fingerprint density at radius 2 is 1.15 bits per heavy atom. The van der Waals surface area contributed by atoms with Crippen LogP contribution in [0.2, 0.25) is 0 Å². The summed E-state index contributed by atoms with van der Waals surface area (Å²) in [5, 5.41) is 164. The molecule has 0 amide bonds. The Balaban J connectivity index is 1.03. The number of ketones is 1. The molecule has 0 aromatic rings. The van der Waals surface area contributed by atoms with E-state index in [0.717, 1.165) is 0 Å². The highest BCUT2D eigenvalue weighted by Crippen LogP contribution is 2.76. The number of ether oxygens (including phenoxy) is 8. The monoisotopic (exact) mass is 1120 g/mol. The molecule has 0 radical (unpaired) electrons. The van der Waals surface area contributed by atoms with Crippen molar-refractivity contribution in [3.05, 3.63) is 12.2 Å². The summed E-state index contributed by atoms with van der Waals surface area (Å²) in [6.07, 6.45) is -32.3. The van der Waals surface area contributed by atoms with E-state index in [1.807, 2.05) is 13.8 Å². The molecule has 31 atom stereocenters. The van der Waals surface area contributed by atoms with Gasteiger partial charge in [0.05, 0.1) is 49.8 Å². The van der Waals surface area contributed by atoms with Crippen LogP contribution in [0.4, 0.5) is 0 Å². The second kappa shape index (κ2) is 23.2. The highest BCUT2D eigenvalue weighted by molar-refractivity contribution is 5.94. The minimum Gasteiger partial charge on any atom is -0.394 e. The van der Waals surface area contributed by atoms with Gasteiger partial charge in [-0.2, -0.15) is 0 Å². The topological polar surface area (TPSA) is 394 Å². The zero-order chi connectivity index (χ0) is 57.7. The first-order chi connectivity index (χ1) is 36.3. The van der Waals surface area contributed by atoms with Gasteiger partial charge in [-0.05, 0) is 117 Å². The standard InChI is InChI=1S/C54H90O24/c1-21(2)24(57)11-15-54(9,78-48-43(70)39(66)36(63)29(75-48)20-71-46-41(68)37(64)33(60)22(3)72-46)23-10-13-53(8)32(23)25(58)16-31-51(6)17-26(59)45(50(4,5)30(51)12-14-52(31,53)7)77-49-44(40(67)35(62)28(19-56)74-49)76-47-42(69)38(65)34(61)27(18-55)73-47/h22-23,25-49,55-56,58-70H,1,10-20H2,2-9H3/t22-,23-,25+,26+,27+,28+,29+,30-,31+,32-,33-,34+,35+,36+,37+,38-,39-,40-,41+,42+,43+,44+,45-,46+,47-,48-,49-,51-,52+,53+,54-/m0/s1. The van der Waals surface area contributed by atoms with Gasteiger partial charge in [0.1, 0.15) is 91.6 Å². The van der Waals surface area contributed by atoms with Crippen molar-refractivity contribution in [2.24, 2.45) is 45.3 Å². The van der Waals surface area contributed by atoms with Crippen LogP contribution in [0.25, 0.3) is 0 Å². The van der Waals surface area contributed by atoms with E-state index in [1.165, 1.54) is 6.92 Å². The maximum absolute atomic E-state index is 13.3. The number of rotatable bonds is 16. The third kappa shape index (κ3) is 10.6. The Labute approximate surface area is 454 Å². The quantitative estimate of drug-likeness (QED) is 0.0540. The molecule has 0 bridgehead atoms. The molecule has 15 N–H and O–H groups in total. The lowest BCUT2D eigenvalue weighted by Gasteiger charge is -2.71. The molecule has 4 saturated heterocycles. The van der Waals surface area contributed by atoms with Crippen molar-refractivity contribution >= 4 is 5.78 Å². The summed E-state index contributed by atoms with van der Waals surface area (Å²) in [6, 6.07) is 0. The van der Waals surface area contributed by atoms with E-state index in [-0.39, 0.29) is 36.9 Å². The van der Waals surface area contributed by atoms with Crippen LogP contribution in [0, 0.1) is 45.3 Å². The number of Topliss-reactive ketones (excluding diaryl/α,β-unsaturated/α-hetero) is 1. The summed E-state index contributed by atoms with van der Waals surface area (Å²) < 4.78 is 48.5. The Morgan fingerprint density at radius 1 is 0.615 bits per heavy atom. The number of carbonyl (C=O) groups is 1. The predicted octanol–water partition coefficient (Wildman–Crippen LogP) is -3.03. The maximum Gasteiger partial charge on any atom is 0.187 e. The van der Waals surface area contributed by atoms with Gasteiger partial charge in [0.25, 0.3) is 0 Å². The zero-order valence-electron chi connectivity index (χ0n) is 46.0. The Bertz CT molecular complexity index is 2090. The van der Waals surface area contributed by atoms with E-state index in [0.29, 0.717) is 37.7 Å². The van der Waals surface area contributed by atoms with Gasteiger partial charge in [0.15, 0.2) is 30.9 Å². The van der Waals surface area contributed by atoms with Crippen molar-refractivity contribution in [3.63, 3.8) is 0 Å². The lowest BCUT2D eigenvalue weighted by molar-refractivity contribution is -0.383. The lowest BCUT2D eigenvalue weighted by atomic mass is 9.35. The molecule has 8 fully saturated rings. The van der Waals surface area contributed by atoms with Crippen LogP contribution < -0.4 is 0 Å². The third-order valence-corrected chi connectivity index (χ3v) is 20.9. The molecule has 4 heterocycles. The molecule has 0 unspecified atom stereocenters. The molecular formula is C54H90O24. The van der Waals surface area contributed by atoms with Gasteiger partial charge in [-0.25, -0.2) is 0 Å². The van der Waals surface area contributed by atoms with Gasteiger partial charge in [0.2, 0.25) is 0 Å². The molecule has 24 nitrogen and oxygen atoms in total. The predicted molar refractivity (Wildman–Crippen MR) is 267 cm³/mol. The van der Waals surface area contributed by atoms with Gasteiger partial charge >= 0.3 is 0 Å². The second-order valence-corrected chi connectivity index (χ2v) is 25.8. The number of aliphatic hydroxyl groups is 15. The van der Waals surface area contributed by atoms with Gasteiger partial charge < -0.3 is 114 Å². The average Bonchev–Trinajstić information content (AvgIpc) is 3.04. The molecule has 0 spiro atoms. The summed E-state index contributed by atoms with van der Waals surface area (Å²) >= 11 is 0. The van der Waals surface area contributed by atoms with Crippen molar-refractivity contribution in [3.8, 4) is 0 Å².